The second-order valence-corrected chi connectivity index (χ2v) is 4.45. The second kappa shape index (κ2) is 6.12. The highest BCUT2D eigenvalue weighted by Gasteiger charge is 2.30. The van der Waals surface area contributed by atoms with E-state index in [2.05, 4.69) is 5.32 Å². The molecule has 2 unspecified atom stereocenters. The summed E-state index contributed by atoms with van der Waals surface area (Å²) in [5.74, 6) is 0.309. The molecule has 1 aromatic carbocycles. The van der Waals surface area contributed by atoms with Crippen LogP contribution in [0.25, 0.3) is 0 Å². The summed E-state index contributed by atoms with van der Waals surface area (Å²) in [6.07, 6.45) is 0.777. The quantitative estimate of drug-likeness (QED) is 0.887. The number of carboxylic acids is 1. The third kappa shape index (κ3) is 2.93. The van der Waals surface area contributed by atoms with Gasteiger partial charge in [-0.1, -0.05) is 0 Å². The van der Waals surface area contributed by atoms with Crippen LogP contribution in [0.3, 0.4) is 0 Å². The molecule has 0 saturated carbocycles. The van der Waals surface area contributed by atoms with Gasteiger partial charge in [-0.05, 0) is 36.6 Å². The van der Waals surface area contributed by atoms with E-state index < -0.39 is 12.0 Å². The summed E-state index contributed by atoms with van der Waals surface area (Å²) in [5.41, 5.74) is 1.74. The largest absolute Gasteiger partial charge is 0.493 e. The second-order valence-electron chi connectivity index (χ2n) is 4.45. The molecule has 0 spiro atoms. The average Bonchev–Trinajstić information content (AvgIpc) is 2.35. The molecule has 106 valence electrons. The summed E-state index contributed by atoms with van der Waals surface area (Å²) >= 11 is 0. The van der Waals surface area contributed by atoms with Crippen molar-refractivity contribution in [2.75, 3.05) is 14.2 Å². The number of carbonyl (C=O) groups is 1. The zero-order valence-electron chi connectivity index (χ0n) is 11.1. The van der Waals surface area contributed by atoms with Gasteiger partial charge >= 0.3 is 5.97 Å². The lowest BCUT2D eigenvalue weighted by Crippen LogP contribution is -2.41. The van der Waals surface area contributed by atoms with Crippen molar-refractivity contribution >= 4 is 18.4 Å². The van der Waals surface area contributed by atoms with Crippen LogP contribution < -0.4 is 14.8 Å². The SMILES string of the molecule is COc1cc2c(cc1OC)C(C(=O)O)NC(C)C2.Cl. The van der Waals surface area contributed by atoms with Gasteiger partial charge in [-0.2, -0.15) is 0 Å². The standard InChI is InChI=1S/C13H17NO4.ClH/c1-7-4-8-5-10(17-2)11(18-3)6-9(8)12(14-7)13(15)16;/h5-7,12,14H,4H2,1-3H3,(H,15,16);1H. The molecule has 0 fully saturated rings. The predicted molar refractivity (Wildman–Crippen MR) is 73.5 cm³/mol. The Hall–Kier alpha value is -1.46. The summed E-state index contributed by atoms with van der Waals surface area (Å²) < 4.78 is 10.5. The highest BCUT2D eigenvalue weighted by atomic mass is 35.5. The van der Waals surface area contributed by atoms with Crippen LogP contribution in [-0.4, -0.2) is 31.3 Å². The van der Waals surface area contributed by atoms with E-state index in [1.165, 1.54) is 0 Å². The summed E-state index contributed by atoms with van der Waals surface area (Å²) in [6, 6.07) is 3.04. The first kappa shape index (κ1) is 15.6. The summed E-state index contributed by atoms with van der Waals surface area (Å²) in [7, 11) is 3.11. The Kier molecular flexibility index (Phi) is 5.03. The van der Waals surface area contributed by atoms with E-state index in [1.807, 2.05) is 13.0 Å². The number of methoxy groups -OCH3 is 2. The molecule has 6 heteroatoms. The van der Waals surface area contributed by atoms with E-state index >= 15 is 0 Å². The van der Waals surface area contributed by atoms with Crippen molar-refractivity contribution in [3.63, 3.8) is 0 Å². The van der Waals surface area contributed by atoms with Crippen molar-refractivity contribution < 1.29 is 19.4 Å². The molecule has 0 amide bonds. The Labute approximate surface area is 118 Å². The molecule has 0 aromatic heterocycles. The van der Waals surface area contributed by atoms with E-state index in [4.69, 9.17) is 9.47 Å². The van der Waals surface area contributed by atoms with Gasteiger partial charge in [-0.3, -0.25) is 10.1 Å². The maximum atomic E-state index is 11.3. The summed E-state index contributed by atoms with van der Waals surface area (Å²) in [6.45, 7) is 1.97. The number of carboxylic acid groups (broad SMARTS) is 1. The molecule has 1 aliphatic rings. The smallest absolute Gasteiger partial charge is 0.325 e. The molecule has 2 atom stereocenters. The fourth-order valence-electron chi connectivity index (χ4n) is 2.35. The Bertz CT molecular complexity index is 478. The molecule has 1 aromatic rings. The van der Waals surface area contributed by atoms with Crippen molar-refractivity contribution in [2.24, 2.45) is 0 Å². The van der Waals surface area contributed by atoms with Crippen LogP contribution in [0, 0.1) is 0 Å². The fourth-order valence-corrected chi connectivity index (χ4v) is 2.35. The predicted octanol–water partition coefficient (Wildman–Crippen LogP) is 1.79. The molecule has 0 bridgehead atoms. The van der Waals surface area contributed by atoms with Gasteiger partial charge in [0.2, 0.25) is 0 Å². The molecule has 1 heterocycles. The van der Waals surface area contributed by atoms with Crippen LogP contribution in [0.15, 0.2) is 12.1 Å². The highest BCUT2D eigenvalue weighted by molar-refractivity contribution is 5.85. The molecular weight excluding hydrogens is 270 g/mol. The van der Waals surface area contributed by atoms with Crippen LogP contribution >= 0.6 is 12.4 Å². The minimum atomic E-state index is -0.880. The zero-order chi connectivity index (χ0) is 13.3. The van der Waals surface area contributed by atoms with Gasteiger partial charge in [0.05, 0.1) is 14.2 Å². The minimum absolute atomic E-state index is 0. The Balaban J connectivity index is 0.00000180. The number of fused-ring (bicyclic) bond motifs is 1. The Morgan fingerprint density at radius 3 is 2.42 bits per heavy atom. The van der Waals surface area contributed by atoms with Crippen molar-refractivity contribution in [3.05, 3.63) is 23.3 Å². The van der Waals surface area contributed by atoms with Gasteiger partial charge in [0.15, 0.2) is 11.5 Å². The maximum absolute atomic E-state index is 11.3. The first-order valence-corrected chi connectivity index (χ1v) is 5.80. The zero-order valence-corrected chi connectivity index (χ0v) is 11.9. The van der Waals surface area contributed by atoms with Gasteiger partial charge in [-0.25, -0.2) is 0 Å². The van der Waals surface area contributed by atoms with E-state index in [9.17, 15) is 9.90 Å². The third-order valence-electron chi connectivity index (χ3n) is 3.18. The highest BCUT2D eigenvalue weighted by Crippen LogP contribution is 2.36. The normalized spacial score (nSPS) is 21.0. The number of benzene rings is 1. The Morgan fingerprint density at radius 2 is 1.89 bits per heavy atom. The number of rotatable bonds is 3. The first-order valence-electron chi connectivity index (χ1n) is 5.80. The first-order chi connectivity index (χ1) is 8.56. The van der Waals surface area contributed by atoms with Gasteiger partial charge < -0.3 is 14.6 Å². The van der Waals surface area contributed by atoms with Crippen LogP contribution in [0.1, 0.15) is 24.1 Å². The van der Waals surface area contributed by atoms with E-state index in [-0.39, 0.29) is 18.4 Å². The number of aliphatic carboxylic acids is 1. The fraction of sp³-hybridized carbons (Fsp3) is 0.462. The molecule has 0 aliphatic carbocycles. The molecule has 2 rings (SSSR count). The number of halogens is 1. The van der Waals surface area contributed by atoms with E-state index in [0.29, 0.717) is 11.5 Å². The van der Waals surface area contributed by atoms with Crippen molar-refractivity contribution in [1.82, 2.24) is 5.32 Å². The van der Waals surface area contributed by atoms with Crippen molar-refractivity contribution in [2.45, 2.75) is 25.4 Å². The van der Waals surface area contributed by atoms with Crippen molar-refractivity contribution in [1.29, 1.82) is 0 Å². The van der Waals surface area contributed by atoms with Gasteiger partial charge in [-0.15, -0.1) is 12.4 Å². The molecule has 1 aliphatic heterocycles. The maximum Gasteiger partial charge on any atom is 0.325 e. The number of hydrogen-bond donors (Lipinski definition) is 2. The number of hydrogen-bond acceptors (Lipinski definition) is 4. The molecule has 0 saturated heterocycles. The molecule has 0 radical (unpaired) electrons. The topological polar surface area (TPSA) is 67.8 Å². The summed E-state index contributed by atoms with van der Waals surface area (Å²) in [4.78, 5) is 11.3. The molecule has 2 N–H and O–H groups in total. The number of nitrogens with one attached hydrogen (secondary N) is 1. The lowest BCUT2D eigenvalue weighted by atomic mass is 9.90. The van der Waals surface area contributed by atoms with Crippen LogP contribution in [-0.2, 0) is 11.2 Å². The van der Waals surface area contributed by atoms with Gasteiger partial charge in [0.1, 0.15) is 6.04 Å². The Morgan fingerprint density at radius 1 is 1.32 bits per heavy atom. The van der Waals surface area contributed by atoms with Crippen molar-refractivity contribution in [3.8, 4) is 11.5 Å². The van der Waals surface area contributed by atoms with Gasteiger partial charge in [0, 0.05) is 6.04 Å². The van der Waals surface area contributed by atoms with E-state index in [0.717, 1.165) is 17.5 Å². The molecule has 5 nitrogen and oxygen atoms in total. The molecular formula is C13H18ClNO4. The molecule has 19 heavy (non-hydrogen) atoms. The monoisotopic (exact) mass is 287 g/mol. The third-order valence-corrected chi connectivity index (χ3v) is 3.18. The van der Waals surface area contributed by atoms with Crippen LogP contribution in [0.4, 0.5) is 0 Å². The van der Waals surface area contributed by atoms with Gasteiger partial charge in [0.25, 0.3) is 0 Å². The summed E-state index contributed by atoms with van der Waals surface area (Å²) in [5, 5.41) is 12.3. The average molecular weight is 288 g/mol. The lowest BCUT2D eigenvalue weighted by Gasteiger charge is -2.29. The number of ether oxygens (including phenoxy) is 2. The minimum Gasteiger partial charge on any atom is -0.493 e. The van der Waals surface area contributed by atoms with Crippen LogP contribution in [0.5, 0.6) is 11.5 Å². The van der Waals surface area contributed by atoms with E-state index in [1.54, 1.807) is 20.3 Å². The lowest BCUT2D eigenvalue weighted by molar-refractivity contribution is -0.140. The van der Waals surface area contributed by atoms with Crippen LogP contribution in [0.2, 0.25) is 0 Å².